The van der Waals surface area contributed by atoms with Gasteiger partial charge in [-0.05, 0) is 30.5 Å². The first-order valence-corrected chi connectivity index (χ1v) is 6.26. The summed E-state index contributed by atoms with van der Waals surface area (Å²) in [6.07, 6.45) is 3.12. The molecule has 98 valence electrons. The van der Waals surface area contributed by atoms with Crippen LogP contribution in [-0.4, -0.2) is 23.7 Å². The van der Waals surface area contributed by atoms with E-state index in [1.807, 2.05) is 32.0 Å². The Morgan fingerprint density at radius 3 is 2.72 bits per heavy atom. The quantitative estimate of drug-likeness (QED) is 0.806. The fraction of sp³-hybridized carbons (Fsp3) is 0.357. The number of aliphatic hydroxyl groups excluding tert-OH is 1. The summed E-state index contributed by atoms with van der Waals surface area (Å²) in [7, 11) is 0. The van der Waals surface area contributed by atoms with Gasteiger partial charge in [0.2, 0.25) is 5.91 Å². The van der Waals surface area contributed by atoms with Gasteiger partial charge in [0.1, 0.15) is 0 Å². The summed E-state index contributed by atoms with van der Waals surface area (Å²) in [5.41, 5.74) is 0.803. The van der Waals surface area contributed by atoms with E-state index in [-0.39, 0.29) is 24.5 Å². The number of benzene rings is 1. The molecule has 0 aliphatic heterocycles. The standard InChI is InChI=1S/C14H18ClNO2/c1-10(9-17)11(2)16-14(18)8-7-12-5-3-4-6-13(12)15/h3-8,10-11,17H,9H2,1-2H3,(H,16,18)/b8-7+. The molecule has 0 aliphatic rings. The highest BCUT2D eigenvalue weighted by Crippen LogP contribution is 2.16. The highest BCUT2D eigenvalue weighted by Gasteiger charge is 2.12. The number of aliphatic hydroxyl groups is 1. The van der Waals surface area contributed by atoms with Crippen molar-refractivity contribution < 1.29 is 9.90 Å². The largest absolute Gasteiger partial charge is 0.396 e. The lowest BCUT2D eigenvalue weighted by molar-refractivity contribution is -0.117. The van der Waals surface area contributed by atoms with Crippen LogP contribution in [0.25, 0.3) is 6.08 Å². The third kappa shape index (κ3) is 4.51. The zero-order valence-corrected chi connectivity index (χ0v) is 11.3. The summed E-state index contributed by atoms with van der Waals surface area (Å²) in [6, 6.07) is 7.24. The summed E-state index contributed by atoms with van der Waals surface area (Å²) in [6.45, 7) is 3.79. The van der Waals surface area contributed by atoms with Crippen molar-refractivity contribution in [1.82, 2.24) is 5.32 Å². The van der Waals surface area contributed by atoms with Crippen LogP contribution in [0.3, 0.4) is 0 Å². The third-order valence-electron chi connectivity index (χ3n) is 2.83. The van der Waals surface area contributed by atoms with E-state index in [4.69, 9.17) is 16.7 Å². The molecule has 4 heteroatoms. The van der Waals surface area contributed by atoms with Crippen molar-refractivity contribution in [3.63, 3.8) is 0 Å². The summed E-state index contributed by atoms with van der Waals surface area (Å²) in [5.74, 6) is -0.162. The Kier molecular flexibility index (Phi) is 5.89. The predicted octanol–water partition coefficient (Wildman–Crippen LogP) is 2.49. The first-order chi connectivity index (χ1) is 8.54. The van der Waals surface area contributed by atoms with E-state index < -0.39 is 0 Å². The summed E-state index contributed by atoms with van der Waals surface area (Å²) >= 11 is 5.97. The Hall–Kier alpha value is -1.32. The molecule has 3 nitrogen and oxygen atoms in total. The van der Waals surface area contributed by atoms with Crippen LogP contribution < -0.4 is 5.32 Å². The molecular weight excluding hydrogens is 250 g/mol. The van der Waals surface area contributed by atoms with Crippen LogP contribution in [0.4, 0.5) is 0 Å². The SMILES string of the molecule is CC(CO)C(C)NC(=O)/C=C/c1ccccc1Cl. The van der Waals surface area contributed by atoms with Gasteiger partial charge in [-0.25, -0.2) is 0 Å². The average Bonchev–Trinajstić information content (AvgIpc) is 2.36. The highest BCUT2D eigenvalue weighted by atomic mass is 35.5. The van der Waals surface area contributed by atoms with Crippen LogP contribution in [0.5, 0.6) is 0 Å². The minimum absolute atomic E-state index is 0.0302. The maximum atomic E-state index is 11.6. The van der Waals surface area contributed by atoms with Crippen LogP contribution in [0.2, 0.25) is 5.02 Å². The fourth-order valence-corrected chi connectivity index (χ4v) is 1.55. The molecule has 0 saturated carbocycles. The molecule has 2 unspecified atom stereocenters. The van der Waals surface area contributed by atoms with Gasteiger partial charge in [-0.15, -0.1) is 0 Å². The molecular formula is C14H18ClNO2. The van der Waals surface area contributed by atoms with Gasteiger partial charge in [0.05, 0.1) is 0 Å². The zero-order chi connectivity index (χ0) is 13.5. The van der Waals surface area contributed by atoms with Gasteiger partial charge in [-0.1, -0.05) is 36.7 Å². The number of rotatable bonds is 5. The molecule has 0 aliphatic carbocycles. The lowest BCUT2D eigenvalue weighted by atomic mass is 10.1. The number of carbonyl (C=O) groups is 1. The van der Waals surface area contributed by atoms with Gasteiger partial charge in [0.25, 0.3) is 0 Å². The van der Waals surface area contributed by atoms with E-state index in [9.17, 15) is 4.79 Å². The number of amides is 1. The molecule has 1 aromatic carbocycles. The fourth-order valence-electron chi connectivity index (χ4n) is 1.35. The second kappa shape index (κ2) is 7.19. The Morgan fingerprint density at radius 2 is 2.11 bits per heavy atom. The number of nitrogens with one attached hydrogen (secondary N) is 1. The summed E-state index contributed by atoms with van der Waals surface area (Å²) in [5, 5.41) is 12.4. The lowest BCUT2D eigenvalue weighted by Gasteiger charge is -2.18. The van der Waals surface area contributed by atoms with Gasteiger partial charge in [0.15, 0.2) is 0 Å². The number of carbonyl (C=O) groups excluding carboxylic acids is 1. The van der Waals surface area contributed by atoms with E-state index >= 15 is 0 Å². The van der Waals surface area contributed by atoms with Crippen LogP contribution in [0.15, 0.2) is 30.3 Å². The van der Waals surface area contributed by atoms with Crippen LogP contribution >= 0.6 is 11.6 Å². The molecule has 1 rings (SSSR count). The highest BCUT2D eigenvalue weighted by molar-refractivity contribution is 6.32. The number of halogens is 1. The second-order valence-corrected chi connectivity index (χ2v) is 4.72. The van der Waals surface area contributed by atoms with Crippen LogP contribution in [-0.2, 0) is 4.79 Å². The second-order valence-electron chi connectivity index (χ2n) is 4.31. The molecule has 0 aromatic heterocycles. The molecule has 1 amide bonds. The molecule has 0 bridgehead atoms. The van der Waals surface area contributed by atoms with Gasteiger partial charge in [0, 0.05) is 23.7 Å². The van der Waals surface area contributed by atoms with Gasteiger partial charge >= 0.3 is 0 Å². The Morgan fingerprint density at radius 1 is 1.44 bits per heavy atom. The lowest BCUT2D eigenvalue weighted by Crippen LogP contribution is -2.37. The molecule has 0 spiro atoms. The normalized spacial score (nSPS) is 14.4. The zero-order valence-electron chi connectivity index (χ0n) is 10.6. The van der Waals surface area contributed by atoms with Crippen molar-refractivity contribution in [2.75, 3.05) is 6.61 Å². The topological polar surface area (TPSA) is 49.3 Å². The van der Waals surface area contributed by atoms with Crippen LogP contribution in [0, 0.1) is 5.92 Å². The summed E-state index contributed by atoms with van der Waals surface area (Å²) < 4.78 is 0. The first-order valence-electron chi connectivity index (χ1n) is 5.88. The maximum Gasteiger partial charge on any atom is 0.244 e. The van der Waals surface area contributed by atoms with E-state index in [0.29, 0.717) is 5.02 Å². The molecule has 2 N–H and O–H groups in total. The molecule has 0 saturated heterocycles. The third-order valence-corrected chi connectivity index (χ3v) is 3.18. The van der Waals surface area contributed by atoms with Crippen molar-refractivity contribution in [1.29, 1.82) is 0 Å². The minimum Gasteiger partial charge on any atom is -0.396 e. The molecule has 1 aromatic rings. The van der Waals surface area contributed by atoms with Gasteiger partial charge in [-0.3, -0.25) is 4.79 Å². The van der Waals surface area contributed by atoms with E-state index in [0.717, 1.165) is 5.56 Å². The Labute approximate surface area is 112 Å². The Balaban J connectivity index is 2.58. The average molecular weight is 268 g/mol. The van der Waals surface area contributed by atoms with Gasteiger partial charge in [-0.2, -0.15) is 0 Å². The first kappa shape index (κ1) is 14.7. The van der Waals surface area contributed by atoms with Crippen molar-refractivity contribution in [3.05, 3.63) is 40.9 Å². The maximum absolute atomic E-state index is 11.6. The van der Waals surface area contributed by atoms with E-state index in [1.165, 1.54) is 6.08 Å². The van der Waals surface area contributed by atoms with Crippen molar-refractivity contribution in [2.24, 2.45) is 5.92 Å². The molecule has 0 radical (unpaired) electrons. The predicted molar refractivity (Wildman–Crippen MR) is 74.3 cm³/mol. The number of hydrogen-bond acceptors (Lipinski definition) is 2. The molecule has 0 fully saturated rings. The van der Waals surface area contributed by atoms with Crippen molar-refractivity contribution in [3.8, 4) is 0 Å². The molecule has 18 heavy (non-hydrogen) atoms. The van der Waals surface area contributed by atoms with Gasteiger partial charge < -0.3 is 10.4 Å². The molecule has 0 heterocycles. The van der Waals surface area contributed by atoms with E-state index in [1.54, 1.807) is 12.1 Å². The van der Waals surface area contributed by atoms with Crippen molar-refractivity contribution in [2.45, 2.75) is 19.9 Å². The van der Waals surface area contributed by atoms with Crippen LogP contribution in [0.1, 0.15) is 19.4 Å². The Bertz CT molecular complexity index is 432. The monoisotopic (exact) mass is 267 g/mol. The van der Waals surface area contributed by atoms with Crippen molar-refractivity contribution >= 4 is 23.6 Å². The van der Waals surface area contributed by atoms with E-state index in [2.05, 4.69) is 5.32 Å². The smallest absolute Gasteiger partial charge is 0.244 e. The molecule has 2 atom stereocenters. The number of hydrogen-bond donors (Lipinski definition) is 2. The minimum atomic E-state index is -0.192. The summed E-state index contributed by atoms with van der Waals surface area (Å²) in [4.78, 5) is 11.6.